The fourth-order valence-corrected chi connectivity index (χ4v) is 3.92. The lowest BCUT2D eigenvalue weighted by molar-refractivity contribution is -0.383. The number of benzene rings is 2. The molecule has 0 spiro atoms. The molecular weight excluding hydrogens is 370 g/mol. The number of para-hydroxylation sites is 2. The number of nitro groups is 1. The second-order valence-electron chi connectivity index (χ2n) is 7.12. The zero-order valence-electron chi connectivity index (χ0n) is 15.7. The topological polar surface area (TPSA) is 88.5 Å². The molecule has 8 nitrogen and oxygen atoms in total. The van der Waals surface area contributed by atoms with Crippen LogP contribution >= 0.6 is 0 Å². The van der Waals surface area contributed by atoms with Crippen molar-refractivity contribution >= 4 is 33.2 Å². The van der Waals surface area contributed by atoms with Crippen molar-refractivity contribution in [1.29, 1.82) is 0 Å². The van der Waals surface area contributed by atoms with Gasteiger partial charge in [0.2, 0.25) is 5.89 Å². The summed E-state index contributed by atoms with van der Waals surface area (Å²) in [6.07, 6.45) is 3.25. The second-order valence-corrected chi connectivity index (χ2v) is 7.12. The Kier molecular flexibility index (Phi) is 4.33. The van der Waals surface area contributed by atoms with E-state index in [0.29, 0.717) is 11.9 Å². The van der Waals surface area contributed by atoms with Gasteiger partial charge in [-0.3, -0.25) is 20.0 Å². The van der Waals surface area contributed by atoms with Gasteiger partial charge in [-0.2, -0.15) is 0 Å². The third-order valence-corrected chi connectivity index (χ3v) is 5.38. The van der Waals surface area contributed by atoms with Crippen molar-refractivity contribution in [2.45, 2.75) is 6.54 Å². The first kappa shape index (κ1) is 17.6. The van der Waals surface area contributed by atoms with E-state index in [4.69, 9.17) is 4.42 Å². The third kappa shape index (κ3) is 3.27. The summed E-state index contributed by atoms with van der Waals surface area (Å²) in [5, 5.41) is 12.8. The van der Waals surface area contributed by atoms with Crippen LogP contribution in [0.5, 0.6) is 0 Å². The molecule has 0 N–H and O–H groups in total. The number of anilines is 1. The van der Waals surface area contributed by atoms with E-state index in [0.717, 1.165) is 54.2 Å². The third-order valence-electron chi connectivity index (χ3n) is 5.38. The molecule has 0 aliphatic carbocycles. The molecule has 5 rings (SSSR count). The molecule has 1 saturated heterocycles. The monoisotopic (exact) mass is 389 g/mol. The van der Waals surface area contributed by atoms with Crippen LogP contribution in [0.25, 0.3) is 21.9 Å². The van der Waals surface area contributed by atoms with E-state index < -0.39 is 0 Å². The average molecular weight is 389 g/mol. The van der Waals surface area contributed by atoms with Crippen LogP contribution < -0.4 is 4.90 Å². The second kappa shape index (κ2) is 7.14. The largest absolute Gasteiger partial charge is 0.439 e. The summed E-state index contributed by atoms with van der Waals surface area (Å²) < 4.78 is 5.84. The zero-order chi connectivity index (χ0) is 19.8. The molecule has 0 amide bonds. The molecule has 0 bridgehead atoms. The van der Waals surface area contributed by atoms with Gasteiger partial charge in [-0.05, 0) is 24.3 Å². The number of aromatic nitrogens is 2. The lowest BCUT2D eigenvalue weighted by Crippen LogP contribution is -2.46. The quantitative estimate of drug-likeness (QED) is 0.389. The van der Waals surface area contributed by atoms with E-state index >= 15 is 0 Å². The molecule has 2 aromatic heterocycles. The van der Waals surface area contributed by atoms with Crippen LogP contribution in [0.15, 0.2) is 59.3 Å². The van der Waals surface area contributed by atoms with Gasteiger partial charge in [0.15, 0.2) is 5.58 Å². The number of piperazine rings is 1. The van der Waals surface area contributed by atoms with Crippen molar-refractivity contribution in [3.63, 3.8) is 0 Å². The normalized spacial score (nSPS) is 15.2. The van der Waals surface area contributed by atoms with Crippen molar-refractivity contribution in [3.8, 4) is 0 Å². The number of oxazole rings is 1. The van der Waals surface area contributed by atoms with Gasteiger partial charge in [-0.15, -0.1) is 0 Å². The minimum atomic E-state index is -0.355. The van der Waals surface area contributed by atoms with Crippen LogP contribution in [0, 0.1) is 10.1 Å². The Morgan fingerprint density at radius 1 is 1.03 bits per heavy atom. The number of nitrogens with zero attached hydrogens (tertiary/aromatic N) is 5. The van der Waals surface area contributed by atoms with E-state index in [9.17, 15) is 10.1 Å². The minimum Gasteiger partial charge on any atom is -0.439 e. The maximum absolute atomic E-state index is 11.3. The Hall–Kier alpha value is -3.52. The molecule has 0 radical (unpaired) electrons. The smallest absolute Gasteiger partial charge is 0.278 e. The highest BCUT2D eigenvalue weighted by Crippen LogP contribution is 2.33. The highest BCUT2D eigenvalue weighted by atomic mass is 16.6. The van der Waals surface area contributed by atoms with E-state index in [-0.39, 0.29) is 10.6 Å². The molecule has 3 heterocycles. The standard InChI is InChI=1S/C21H19N5O3/c27-26(28)19-6-5-18(15-7-8-22-13-16(15)19)25-11-9-24(10-12-25)14-21-23-17-3-1-2-4-20(17)29-21/h1-8,13H,9-12,14H2. The highest BCUT2D eigenvalue weighted by molar-refractivity contribution is 5.99. The Labute approximate surface area is 166 Å². The maximum Gasteiger partial charge on any atom is 0.278 e. The van der Waals surface area contributed by atoms with Crippen molar-refractivity contribution in [3.05, 3.63) is 70.9 Å². The van der Waals surface area contributed by atoms with Crippen molar-refractivity contribution in [2.75, 3.05) is 31.1 Å². The van der Waals surface area contributed by atoms with E-state index in [1.807, 2.05) is 36.4 Å². The van der Waals surface area contributed by atoms with Gasteiger partial charge in [0.1, 0.15) is 5.52 Å². The van der Waals surface area contributed by atoms with Crippen molar-refractivity contribution < 1.29 is 9.34 Å². The summed E-state index contributed by atoms with van der Waals surface area (Å²) in [6, 6.07) is 13.0. The summed E-state index contributed by atoms with van der Waals surface area (Å²) in [4.78, 5) is 24.2. The van der Waals surface area contributed by atoms with E-state index in [1.54, 1.807) is 18.5 Å². The van der Waals surface area contributed by atoms with Crippen LogP contribution in [0.4, 0.5) is 11.4 Å². The molecule has 2 aromatic carbocycles. The molecule has 0 unspecified atom stereocenters. The van der Waals surface area contributed by atoms with Crippen molar-refractivity contribution in [1.82, 2.24) is 14.9 Å². The predicted octanol–water partition coefficient (Wildman–Crippen LogP) is 3.61. The molecule has 1 fully saturated rings. The Balaban J connectivity index is 1.33. The first-order chi connectivity index (χ1) is 14.2. The van der Waals surface area contributed by atoms with Gasteiger partial charge in [-0.1, -0.05) is 12.1 Å². The predicted molar refractivity (Wildman–Crippen MR) is 110 cm³/mol. The first-order valence-electron chi connectivity index (χ1n) is 9.52. The number of fused-ring (bicyclic) bond motifs is 2. The summed E-state index contributed by atoms with van der Waals surface area (Å²) in [7, 11) is 0. The van der Waals surface area contributed by atoms with Gasteiger partial charge in [0.25, 0.3) is 5.69 Å². The lowest BCUT2D eigenvalue weighted by atomic mass is 10.1. The van der Waals surface area contributed by atoms with Crippen LogP contribution in [-0.2, 0) is 6.54 Å². The van der Waals surface area contributed by atoms with Gasteiger partial charge >= 0.3 is 0 Å². The minimum absolute atomic E-state index is 0.0893. The molecule has 146 valence electrons. The molecule has 1 aliphatic rings. The van der Waals surface area contributed by atoms with Crippen LogP contribution in [0.2, 0.25) is 0 Å². The Morgan fingerprint density at radius 2 is 1.86 bits per heavy atom. The molecule has 8 heteroatoms. The van der Waals surface area contributed by atoms with Gasteiger partial charge in [-0.25, -0.2) is 4.98 Å². The number of pyridine rings is 1. The Bertz CT molecular complexity index is 1160. The molecule has 29 heavy (non-hydrogen) atoms. The molecule has 4 aromatic rings. The van der Waals surface area contributed by atoms with Gasteiger partial charge in [0.05, 0.1) is 16.9 Å². The van der Waals surface area contributed by atoms with Gasteiger partial charge in [0, 0.05) is 55.7 Å². The van der Waals surface area contributed by atoms with Crippen LogP contribution in [0.3, 0.4) is 0 Å². The molecule has 0 saturated carbocycles. The first-order valence-corrected chi connectivity index (χ1v) is 9.52. The SMILES string of the molecule is O=[N+]([O-])c1ccc(N2CCN(Cc3nc4ccccc4o3)CC2)c2ccncc12. The molecule has 0 atom stereocenters. The maximum atomic E-state index is 11.3. The van der Waals surface area contributed by atoms with Crippen LogP contribution in [0.1, 0.15) is 5.89 Å². The summed E-state index contributed by atoms with van der Waals surface area (Å²) in [5.74, 6) is 0.728. The number of rotatable bonds is 4. The number of hydrogen-bond acceptors (Lipinski definition) is 7. The summed E-state index contributed by atoms with van der Waals surface area (Å²) in [6.45, 7) is 4.06. The fraction of sp³-hybridized carbons (Fsp3) is 0.238. The van der Waals surface area contributed by atoms with Crippen molar-refractivity contribution in [2.24, 2.45) is 0 Å². The van der Waals surface area contributed by atoms with Gasteiger partial charge < -0.3 is 9.32 Å². The average Bonchev–Trinajstić information content (AvgIpc) is 3.16. The van der Waals surface area contributed by atoms with Crippen LogP contribution in [-0.4, -0.2) is 46.0 Å². The number of non-ortho nitro benzene ring substituents is 1. The van der Waals surface area contributed by atoms with E-state index in [2.05, 4.69) is 19.8 Å². The summed E-state index contributed by atoms with van der Waals surface area (Å²) in [5.41, 5.74) is 2.79. The highest BCUT2D eigenvalue weighted by Gasteiger charge is 2.22. The lowest BCUT2D eigenvalue weighted by Gasteiger charge is -2.36. The zero-order valence-corrected chi connectivity index (χ0v) is 15.7. The molecule has 1 aliphatic heterocycles. The molecular formula is C21H19N5O3. The number of hydrogen-bond donors (Lipinski definition) is 0. The Morgan fingerprint density at radius 3 is 2.66 bits per heavy atom. The fourth-order valence-electron chi connectivity index (χ4n) is 3.92. The number of nitro benzene ring substituents is 1. The summed E-state index contributed by atoms with van der Waals surface area (Å²) >= 11 is 0. The van der Waals surface area contributed by atoms with E-state index in [1.165, 1.54) is 0 Å².